The van der Waals surface area contributed by atoms with E-state index in [9.17, 15) is 0 Å². The Hall–Kier alpha value is -1.72. The topological polar surface area (TPSA) is 33.6 Å². The molecule has 3 rings (SSSR count). The van der Waals surface area contributed by atoms with Crippen molar-refractivity contribution in [3.63, 3.8) is 0 Å². The molecule has 0 spiro atoms. The van der Waals surface area contributed by atoms with E-state index in [1.165, 1.54) is 0 Å². The maximum Gasteiger partial charge on any atom is 0.128 e. The summed E-state index contributed by atoms with van der Waals surface area (Å²) in [7, 11) is 0. The van der Waals surface area contributed by atoms with Crippen molar-refractivity contribution < 1.29 is 4.74 Å². The van der Waals surface area contributed by atoms with Gasteiger partial charge in [-0.2, -0.15) is 5.10 Å². The van der Waals surface area contributed by atoms with E-state index in [2.05, 4.69) is 26.5 Å². The summed E-state index contributed by atoms with van der Waals surface area (Å²) in [6.45, 7) is 0.850. The zero-order chi connectivity index (χ0) is 19.9. The van der Waals surface area contributed by atoms with E-state index >= 15 is 0 Å². The lowest BCUT2D eigenvalue weighted by Crippen LogP contribution is -2.07. The molecule has 0 atom stereocenters. The predicted octanol–water partition coefficient (Wildman–Crippen LogP) is 7.11. The van der Waals surface area contributed by atoms with Crippen LogP contribution in [-0.2, 0) is 13.2 Å². The highest BCUT2D eigenvalue weighted by atomic mass is 79.9. The number of nitrogens with zero attached hydrogens (tertiary/aromatic N) is 1. The molecular formula is C21H16BrCl3N2O. The van der Waals surface area contributed by atoms with Crippen molar-refractivity contribution in [3.8, 4) is 5.75 Å². The van der Waals surface area contributed by atoms with Gasteiger partial charge < -0.3 is 10.2 Å². The Labute approximate surface area is 187 Å². The first-order valence-electron chi connectivity index (χ1n) is 8.38. The zero-order valence-electron chi connectivity index (χ0n) is 14.6. The molecule has 3 aromatic rings. The third-order valence-electron chi connectivity index (χ3n) is 3.89. The summed E-state index contributed by atoms with van der Waals surface area (Å²) in [5.74, 6) is 0.689. The second-order valence-electron chi connectivity index (χ2n) is 5.89. The second kappa shape index (κ2) is 10.2. The minimum absolute atomic E-state index is 0.407. The fourth-order valence-electron chi connectivity index (χ4n) is 2.43. The van der Waals surface area contributed by atoms with Crippen molar-refractivity contribution in [1.29, 1.82) is 0 Å². The molecule has 0 heterocycles. The van der Waals surface area contributed by atoms with Crippen LogP contribution in [0.25, 0.3) is 0 Å². The number of hydrazone groups is 1. The van der Waals surface area contributed by atoms with Gasteiger partial charge in [0.1, 0.15) is 12.4 Å². The quantitative estimate of drug-likeness (QED) is 0.278. The van der Waals surface area contributed by atoms with E-state index in [-0.39, 0.29) is 0 Å². The molecule has 0 radical (unpaired) electrons. The second-order valence-corrected chi connectivity index (χ2v) is 8.06. The van der Waals surface area contributed by atoms with Gasteiger partial charge >= 0.3 is 0 Å². The molecule has 1 N–H and O–H groups in total. The van der Waals surface area contributed by atoms with Crippen molar-refractivity contribution in [3.05, 3.63) is 96.9 Å². The van der Waals surface area contributed by atoms with Crippen LogP contribution in [-0.4, -0.2) is 6.21 Å². The molecule has 0 aliphatic heterocycles. The van der Waals surface area contributed by atoms with Gasteiger partial charge in [-0.1, -0.05) is 68.9 Å². The molecule has 0 saturated carbocycles. The Morgan fingerprint density at radius 3 is 2.39 bits per heavy atom. The summed E-state index contributed by atoms with van der Waals surface area (Å²) >= 11 is 21.9. The van der Waals surface area contributed by atoms with Gasteiger partial charge in [-0.15, -0.1) is 0 Å². The van der Waals surface area contributed by atoms with E-state index in [4.69, 9.17) is 39.5 Å². The summed E-state index contributed by atoms with van der Waals surface area (Å²) in [5, 5.41) is 6.04. The zero-order valence-corrected chi connectivity index (χ0v) is 18.5. The van der Waals surface area contributed by atoms with Crippen molar-refractivity contribution in [2.45, 2.75) is 13.2 Å². The number of benzene rings is 3. The molecule has 0 saturated heterocycles. The van der Waals surface area contributed by atoms with E-state index < -0.39 is 0 Å². The Bertz CT molecular complexity index is 958. The lowest BCUT2D eigenvalue weighted by atomic mass is 10.2. The molecule has 3 nitrogen and oxygen atoms in total. The number of hydrogen-bond donors (Lipinski definition) is 1. The third kappa shape index (κ3) is 5.89. The van der Waals surface area contributed by atoms with Gasteiger partial charge in [-0.05, 0) is 48.0 Å². The Morgan fingerprint density at radius 2 is 1.68 bits per heavy atom. The molecule has 0 aliphatic rings. The number of rotatable bonds is 7. The van der Waals surface area contributed by atoms with Crippen LogP contribution in [0.15, 0.2) is 70.2 Å². The van der Waals surface area contributed by atoms with Crippen LogP contribution >= 0.6 is 50.7 Å². The first-order valence-corrected chi connectivity index (χ1v) is 10.3. The van der Waals surface area contributed by atoms with Crippen LogP contribution in [0.4, 0.5) is 0 Å². The number of halogens is 4. The summed E-state index contributed by atoms with van der Waals surface area (Å²) in [5.41, 5.74) is 5.58. The van der Waals surface area contributed by atoms with Crippen LogP contribution < -0.4 is 10.2 Å². The van der Waals surface area contributed by atoms with E-state index in [0.717, 1.165) is 21.2 Å². The van der Waals surface area contributed by atoms with Crippen molar-refractivity contribution >= 4 is 56.9 Å². The van der Waals surface area contributed by atoms with Gasteiger partial charge in [0.25, 0.3) is 0 Å². The van der Waals surface area contributed by atoms with Crippen LogP contribution in [0.2, 0.25) is 15.1 Å². The van der Waals surface area contributed by atoms with Gasteiger partial charge in [-0.3, -0.25) is 0 Å². The van der Waals surface area contributed by atoms with Crippen molar-refractivity contribution in [2.75, 3.05) is 0 Å². The normalized spacial score (nSPS) is 11.0. The number of hydrogen-bond acceptors (Lipinski definition) is 3. The van der Waals surface area contributed by atoms with Gasteiger partial charge in [0.05, 0.1) is 12.8 Å². The first-order chi connectivity index (χ1) is 13.5. The fourth-order valence-corrected chi connectivity index (χ4v) is 3.41. The number of ether oxygens (including phenoxy) is 1. The molecule has 0 fully saturated rings. The molecule has 7 heteroatoms. The molecule has 0 aromatic heterocycles. The average Bonchev–Trinajstić information content (AvgIpc) is 2.67. The molecule has 3 aromatic carbocycles. The lowest BCUT2D eigenvalue weighted by Gasteiger charge is -2.10. The van der Waals surface area contributed by atoms with E-state index in [1.807, 2.05) is 30.3 Å². The largest absolute Gasteiger partial charge is 0.488 e. The molecule has 0 amide bonds. The van der Waals surface area contributed by atoms with Gasteiger partial charge in [0.2, 0.25) is 0 Å². The smallest absolute Gasteiger partial charge is 0.128 e. The highest BCUT2D eigenvalue weighted by molar-refractivity contribution is 9.10. The van der Waals surface area contributed by atoms with Crippen molar-refractivity contribution in [2.24, 2.45) is 5.10 Å². The van der Waals surface area contributed by atoms with Crippen molar-refractivity contribution in [1.82, 2.24) is 5.43 Å². The Kier molecular flexibility index (Phi) is 7.63. The summed E-state index contributed by atoms with van der Waals surface area (Å²) in [6, 6.07) is 18.8. The highest BCUT2D eigenvalue weighted by Gasteiger charge is 2.06. The molecule has 0 unspecified atom stereocenters. The molecule has 0 bridgehead atoms. The van der Waals surface area contributed by atoms with Crippen LogP contribution in [0, 0.1) is 0 Å². The van der Waals surface area contributed by atoms with Crippen LogP contribution in [0.5, 0.6) is 5.75 Å². The highest BCUT2D eigenvalue weighted by Crippen LogP contribution is 2.25. The van der Waals surface area contributed by atoms with Gasteiger partial charge in [-0.25, -0.2) is 0 Å². The summed E-state index contributed by atoms with van der Waals surface area (Å²) in [6.07, 6.45) is 1.66. The minimum atomic E-state index is 0.407. The first kappa shape index (κ1) is 21.0. The van der Waals surface area contributed by atoms with E-state index in [0.29, 0.717) is 34.0 Å². The Balaban J connectivity index is 1.66. The maximum atomic E-state index is 6.16. The average molecular weight is 499 g/mol. The summed E-state index contributed by atoms with van der Waals surface area (Å²) in [4.78, 5) is 0. The standard InChI is InChI=1S/C21H16BrCl3N2O/c22-16-6-4-14(5-7-16)13-28-21-9-8-17(23)10-15(21)11-26-27-12-18-19(24)2-1-3-20(18)25/h1-11,27H,12-13H2/b26-11-. The third-order valence-corrected chi connectivity index (χ3v) is 5.36. The van der Waals surface area contributed by atoms with Gasteiger partial charge in [0, 0.05) is 30.7 Å². The monoisotopic (exact) mass is 496 g/mol. The fraction of sp³-hybridized carbons (Fsp3) is 0.0952. The minimum Gasteiger partial charge on any atom is -0.488 e. The van der Waals surface area contributed by atoms with E-state index in [1.54, 1.807) is 36.5 Å². The Morgan fingerprint density at radius 1 is 0.964 bits per heavy atom. The summed E-state index contributed by atoms with van der Waals surface area (Å²) < 4.78 is 6.96. The lowest BCUT2D eigenvalue weighted by molar-refractivity contribution is 0.306. The predicted molar refractivity (Wildman–Crippen MR) is 121 cm³/mol. The maximum absolute atomic E-state index is 6.16. The SMILES string of the molecule is Clc1ccc(OCc2ccc(Br)cc2)c(/C=N\NCc2c(Cl)cccc2Cl)c1. The molecular weight excluding hydrogens is 483 g/mol. The molecule has 0 aliphatic carbocycles. The van der Waals surface area contributed by atoms with Gasteiger partial charge in [0.15, 0.2) is 0 Å². The molecule has 144 valence electrons. The number of nitrogens with one attached hydrogen (secondary N) is 1. The van der Waals surface area contributed by atoms with Crippen LogP contribution in [0.1, 0.15) is 16.7 Å². The molecule has 28 heavy (non-hydrogen) atoms. The van der Waals surface area contributed by atoms with Crippen LogP contribution in [0.3, 0.4) is 0 Å².